The maximum atomic E-state index is 13.3. The zero-order valence-corrected chi connectivity index (χ0v) is 27.6. The number of benzene rings is 1. The van der Waals surface area contributed by atoms with Crippen LogP contribution in [0.5, 0.6) is 5.75 Å². The molecule has 0 saturated carbocycles. The number of allylic oxidation sites excluding steroid dienone is 2. The summed E-state index contributed by atoms with van der Waals surface area (Å²) in [6.45, 7) is 0.883. The number of amides is 2. The number of nitrogens with two attached hydrogens (primary N) is 2. The fourth-order valence-electron chi connectivity index (χ4n) is 4.04. The predicted molar refractivity (Wildman–Crippen MR) is 174 cm³/mol. The third kappa shape index (κ3) is 8.76. The molecule has 1 aromatic heterocycles. The summed E-state index contributed by atoms with van der Waals surface area (Å²) in [5, 5.41) is 7.50. The second-order valence-electron chi connectivity index (χ2n) is 8.92. The Balaban J connectivity index is 0.00000368. The number of thioether (sulfide) groups is 1. The summed E-state index contributed by atoms with van der Waals surface area (Å²) in [7, 11) is 1.26. The topological polar surface area (TPSA) is 215 Å². The first-order valence-corrected chi connectivity index (χ1v) is 14.9. The van der Waals surface area contributed by atoms with Crippen LogP contribution in [0, 0.1) is 0 Å². The van der Waals surface area contributed by atoms with Gasteiger partial charge in [0.05, 0.1) is 12.1 Å². The van der Waals surface area contributed by atoms with Gasteiger partial charge in [0.15, 0.2) is 10.8 Å². The smallest absolute Gasteiger partial charge is 0.358 e. The van der Waals surface area contributed by atoms with Crippen LogP contribution in [0.2, 0.25) is 0 Å². The summed E-state index contributed by atoms with van der Waals surface area (Å²) in [5.74, 6) is -3.06. The number of aromatic nitrogens is 1. The molecule has 0 spiro atoms. The molecule has 4 rings (SSSR count). The summed E-state index contributed by atoms with van der Waals surface area (Å²) in [4.78, 5) is 73.3. The van der Waals surface area contributed by atoms with Gasteiger partial charge >= 0.3 is 17.9 Å². The number of halogens is 2. The highest BCUT2D eigenvalue weighted by Gasteiger charge is 2.54. The number of esters is 3. The van der Waals surface area contributed by atoms with Crippen molar-refractivity contribution in [3.05, 3.63) is 64.3 Å². The number of nitrogen functional groups attached to an aromatic ring is 1. The molecule has 248 valence electrons. The number of hydrogen-bond donors (Lipinski definition) is 3. The highest BCUT2D eigenvalue weighted by Crippen LogP contribution is 2.41. The van der Waals surface area contributed by atoms with E-state index in [1.807, 2.05) is 13.0 Å². The average molecular weight is 718 g/mol. The fraction of sp³-hybridized carbons (Fsp3) is 0.296. The number of hydrogen-bond acceptors (Lipinski definition) is 15. The molecule has 0 aliphatic carbocycles. The zero-order chi connectivity index (χ0) is 31.8. The number of anilines is 1. The minimum absolute atomic E-state index is 0. The zero-order valence-electron chi connectivity index (χ0n) is 24.3. The van der Waals surface area contributed by atoms with Crippen LogP contribution in [0.4, 0.5) is 5.13 Å². The summed E-state index contributed by atoms with van der Waals surface area (Å²) in [5.41, 5.74) is 11.5. The van der Waals surface area contributed by atoms with Crippen molar-refractivity contribution in [1.82, 2.24) is 15.2 Å². The van der Waals surface area contributed by atoms with Gasteiger partial charge in [-0.1, -0.05) is 24.2 Å². The number of carbonyl (C=O) groups is 5. The van der Waals surface area contributed by atoms with E-state index in [4.69, 9.17) is 30.5 Å². The molecule has 2 aliphatic heterocycles. The van der Waals surface area contributed by atoms with E-state index in [1.54, 1.807) is 6.08 Å². The van der Waals surface area contributed by atoms with Gasteiger partial charge in [0.1, 0.15) is 35.7 Å². The Morgan fingerprint density at radius 1 is 1.15 bits per heavy atom. The predicted octanol–water partition coefficient (Wildman–Crippen LogP) is 1.76. The van der Waals surface area contributed by atoms with Crippen molar-refractivity contribution < 1.29 is 43.0 Å². The van der Waals surface area contributed by atoms with E-state index >= 15 is 0 Å². The molecule has 1 fully saturated rings. The first-order valence-electron chi connectivity index (χ1n) is 13.0. The van der Waals surface area contributed by atoms with Crippen molar-refractivity contribution >= 4 is 88.5 Å². The molecule has 2 amide bonds. The third-order valence-electron chi connectivity index (χ3n) is 6.06. The quantitative estimate of drug-likeness (QED) is 0.0714. The molecule has 15 nitrogen and oxygen atoms in total. The normalized spacial score (nSPS) is 17.2. The van der Waals surface area contributed by atoms with Crippen molar-refractivity contribution in [3.63, 3.8) is 0 Å². The van der Waals surface area contributed by atoms with E-state index in [9.17, 15) is 24.0 Å². The molecular weight excluding hydrogens is 687 g/mol. The Morgan fingerprint density at radius 2 is 1.85 bits per heavy atom. The number of ether oxygens (including phenoxy) is 3. The lowest BCUT2D eigenvalue weighted by Gasteiger charge is -2.49. The van der Waals surface area contributed by atoms with Crippen LogP contribution in [-0.4, -0.2) is 82.9 Å². The molecule has 2 atom stereocenters. The largest absolute Gasteiger partial charge is 0.426 e. The van der Waals surface area contributed by atoms with Crippen molar-refractivity contribution in [2.24, 2.45) is 10.9 Å². The molecule has 1 saturated heterocycles. The van der Waals surface area contributed by atoms with Crippen LogP contribution in [0.15, 0.2) is 58.2 Å². The number of thiazole rings is 1. The van der Waals surface area contributed by atoms with Gasteiger partial charge in [0, 0.05) is 11.1 Å². The minimum Gasteiger partial charge on any atom is -0.426 e. The molecule has 2 aliphatic rings. The molecule has 5 N–H and O–H groups in total. The standard InChI is InChI=1S/C27H28N6O9S2.2ClH/c1-3-4-5-15-11-43-24-20(31-22(35)19(32-39-2)17-12-44-27(29)30-17)23(36)33(24)21(15)26(38)41-13-40-25(37)14-6-8-16(9-7-14)42-18(34)10-28;;/h4-9,12,20,24H,3,10-11,13,28H2,1-2H3,(H2,29,30)(H,31,35);2*1H/b5-4-,32-19-;;/t20?,24-;;/m0../s1. The van der Waals surface area contributed by atoms with Crippen LogP contribution in [0.25, 0.3) is 0 Å². The van der Waals surface area contributed by atoms with Crippen molar-refractivity contribution in [2.75, 3.05) is 31.9 Å². The number of fused-ring (bicyclic) bond motifs is 1. The molecule has 1 aromatic carbocycles. The van der Waals surface area contributed by atoms with Crippen LogP contribution in [-0.2, 0) is 33.5 Å². The minimum atomic E-state index is -0.977. The van der Waals surface area contributed by atoms with E-state index < -0.39 is 47.9 Å². The lowest BCUT2D eigenvalue weighted by atomic mass is 10.0. The van der Waals surface area contributed by atoms with E-state index in [1.165, 1.54) is 53.4 Å². The lowest BCUT2D eigenvalue weighted by molar-refractivity contribution is -0.157. The van der Waals surface area contributed by atoms with Gasteiger partial charge in [-0.15, -0.1) is 47.9 Å². The Bertz CT molecular complexity index is 1550. The average Bonchev–Trinajstić information content (AvgIpc) is 3.46. The molecule has 46 heavy (non-hydrogen) atoms. The van der Waals surface area contributed by atoms with Crippen LogP contribution >= 0.6 is 47.9 Å². The van der Waals surface area contributed by atoms with Crippen molar-refractivity contribution in [1.29, 1.82) is 0 Å². The Morgan fingerprint density at radius 3 is 2.46 bits per heavy atom. The Hall–Kier alpha value is -4.16. The SMILES string of the molecule is CC/C=C\C1=C(C(=O)OCOC(=O)c2ccc(OC(=O)CN)cc2)N2C(=O)C(NC(=O)/C(=N\OC)c3csc(N)n3)[C@@H]2SC1.Cl.Cl. The van der Waals surface area contributed by atoms with E-state index in [0.29, 0.717) is 17.7 Å². The van der Waals surface area contributed by atoms with Gasteiger partial charge in [0.25, 0.3) is 11.8 Å². The summed E-state index contributed by atoms with van der Waals surface area (Å²) < 4.78 is 15.2. The van der Waals surface area contributed by atoms with Gasteiger partial charge in [-0.25, -0.2) is 14.6 Å². The molecular formula is C27H30Cl2N6O9S2. The van der Waals surface area contributed by atoms with E-state index in [-0.39, 0.29) is 64.9 Å². The number of oxime groups is 1. The lowest BCUT2D eigenvalue weighted by Crippen LogP contribution is -2.71. The first-order chi connectivity index (χ1) is 21.2. The maximum Gasteiger partial charge on any atom is 0.358 e. The van der Waals surface area contributed by atoms with Gasteiger partial charge in [0.2, 0.25) is 6.79 Å². The highest BCUT2D eigenvalue weighted by molar-refractivity contribution is 8.00. The summed E-state index contributed by atoms with van der Waals surface area (Å²) in [6.07, 6.45) is 4.23. The monoisotopic (exact) mass is 716 g/mol. The van der Waals surface area contributed by atoms with Crippen LogP contribution in [0.1, 0.15) is 29.4 Å². The Labute approximate surface area is 283 Å². The van der Waals surface area contributed by atoms with Crippen molar-refractivity contribution in [3.8, 4) is 5.75 Å². The third-order valence-corrected chi connectivity index (χ3v) is 8.04. The van der Waals surface area contributed by atoms with Gasteiger partial charge in [-0.05, 0) is 36.3 Å². The molecule has 0 bridgehead atoms. The van der Waals surface area contributed by atoms with Gasteiger partial charge < -0.3 is 35.8 Å². The number of β-lactam (4-membered cyclic amide) rings is 1. The molecule has 3 heterocycles. The molecule has 1 unspecified atom stereocenters. The second-order valence-corrected chi connectivity index (χ2v) is 10.9. The van der Waals surface area contributed by atoms with E-state index in [0.717, 1.165) is 11.3 Å². The molecule has 2 aromatic rings. The first kappa shape index (κ1) is 38.0. The Kier molecular flexibility index (Phi) is 14.5. The van der Waals surface area contributed by atoms with Crippen molar-refractivity contribution in [2.45, 2.75) is 24.8 Å². The number of nitrogens with zero attached hydrogens (tertiary/aromatic N) is 3. The van der Waals surface area contributed by atoms with Gasteiger partial charge in [-0.3, -0.25) is 19.3 Å². The van der Waals surface area contributed by atoms with Crippen LogP contribution < -0.4 is 21.5 Å². The molecule has 19 heteroatoms. The number of rotatable bonds is 12. The number of nitrogens with one attached hydrogen (secondary N) is 1. The highest BCUT2D eigenvalue weighted by atomic mass is 35.5. The summed E-state index contributed by atoms with van der Waals surface area (Å²) in [6, 6.07) is 4.52. The summed E-state index contributed by atoms with van der Waals surface area (Å²) >= 11 is 2.46. The second kappa shape index (κ2) is 17.5. The van der Waals surface area contributed by atoms with Gasteiger partial charge in [-0.2, -0.15) is 0 Å². The van der Waals surface area contributed by atoms with Crippen LogP contribution in [0.3, 0.4) is 0 Å². The fourth-order valence-corrected chi connectivity index (χ4v) is 5.91. The maximum absolute atomic E-state index is 13.3. The van der Waals surface area contributed by atoms with E-state index in [2.05, 4.69) is 15.5 Å². The number of carbonyl (C=O) groups excluding carboxylic acids is 5. The molecule has 0 radical (unpaired) electrons.